The van der Waals surface area contributed by atoms with Gasteiger partial charge in [-0.1, -0.05) is 20.8 Å². The third-order valence-corrected chi connectivity index (χ3v) is 2.46. The van der Waals surface area contributed by atoms with Crippen LogP contribution in [0, 0.1) is 5.92 Å². The largest absolute Gasteiger partial charge is 0.480 e. The molecule has 0 aromatic carbocycles. The molecular formula is C11H22N2O3. The Hall–Kier alpha value is -1.26. The number of amides is 2. The van der Waals surface area contributed by atoms with Crippen LogP contribution in [-0.2, 0) is 4.79 Å². The number of hydrogen-bond acceptors (Lipinski definition) is 2. The van der Waals surface area contributed by atoms with E-state index in [2.05, 4.69) is 5.32 Å². The first-order valence-electron chi connectivity index (χ1n) is 5.65. The minimum atomic E-state index is -0.985. The Morgan fingerprint density at radius 3 is 2.25 bits per heavy atom. The summed E-state index contributed by atoms with van der Waals surface area (Å²) >= 11 is 0. The highest BCUT2D eigenvalue weighted by atomic mass is 16.4. The van der Waals surface area contributed by atoms with Crippen molar-refractivity contribution < 1.29 is 14.7 Å². The Balaban J connectivity index is 4.31. The minimum absolute atomic E-state index is 0.0423. The number of carboxylic acid groups (broad SMARTS) is 1. The normalized spacial score (nSPS) is 12.3. The van der Waals surface area contributed by atoms with E-state index in [0.29, 0.717) is 12.5 Å². The van der Waals surface area contributed by atoms with E-state index >= 15 is 0 Å². The van der Waals surface area contributed by atoms with E-state index in [1.807, 2.05) is 27.7 Å². The van der Waals surface area contributed by atoms with Crippen molar-refractivity contribution in [2.75, 3.05) is 13.1 Å². The van der Waals surface area contributed by atoms with E-state index in [4.69, 9.17) is 5.11 Å². The Morgan fingerprint density at radius 2 is 1.88 bits per heavy atom. The van der Waals surface area contributed by atoms with Gasteiger partial charge in [0.15, 0.2) is 0 Å². The Bertz CT molecular complexity index is 241. The molecule has 0 aliphatic heterocycles. The van der Waals surface area contributed by atoms with Gasteiger partial charge < -0.3 is 15.3 Å². The molecule has 0 aliphatic carbocycles. The van der Waals surface area contributed by atoms with Gasteiger partial charge in [0.05, 0.1) is 0 Å². The molecule has 1 unspecified atom stereocenters. The molecule has 0 bridgehead atoms. The molecule has 1 atom stereocenters. The maximum atomic E-state index is 11.7. The molecule has 0 aromatic rings. The van der Waals surface area contributed by atoms with Crippen LogP contribution in [0.1, 0.15) is 34.1 Å². The first kappa shape index (κ1) is 14.7. The summed E-state index contributed by atoms with van der Waals surface area (Å²) in [6.07, 6.45) is 0.747. The smallest absolute Gasteiger partial charge is 0.323 e. The van der Waals surface area contributed by atoms with Crippen LogP contribution in [0.2, 0.25) is 0 Å². The van der Waals surface area contributed by atoms with E-state index in [0.717, 1.165) is 6.42 Å². The number of nitrogens with one attached hydrogen (secondary N) is 1. The molecule has 0 spiro atoms. The van der Waals surface area contributed by atoms with Crippen LogP contribution in [0.15, 0.2) is 0 Å². The van der Waals surface area contributed by atoms with E-state index in [1.54, 1.807) is 0 Å². The van der Waals surface area contributed by atoms with Gasteiger partial charge in [0.2, 0.25) is 0 Å². The van der Waals surface area contributed by atoms with Crippen LogP contribution in [0.4, 0.5) is 4.79 Å². The molecular weight excluding hydrogens is 208 g/mol. The van der Waals surface area contributed by atoms with E-state index in [-0.39, 0.29) is 18.6 Å². The van der Waals surface area contributed by atoms with Crippen molar-refractivity contribution >= 4 is 12.0 Å². The van der Waals surface area contributed by atoms with Gasteiger partial charge in [-0.2, -0.15) is 0 Å². The van der Waals surface area contributed by atoms with E-state index < -0.39 is 5.97 Å². The number of rotatable bonds is 6. The lowest BCUT2D eigenvalue weighted by atomic mass is 10.1. The average molecular weight is 230 g/mol. The molecule has 5 heteroatoms. The third-order valence-electron chi connectivity index (χ3n) is 2.46. The Kier molecular flexibility index (Phi) is 6.53. The van der Waals surface area contributed by atoms with Crippen LogP contribution < -0.4 is 5.32 Å². The van der Waals surface area contributed by atoms with Gasteiger partial charge >= 0.3 is 12.0 Å². The molecule has 2 amide bonds. The van der Waals surface area contributed by atoms with Crippen molar-refractivity contribution in [3.8, 4) is 0 Å². The zero-order valence-electron chi connectivity index (χ0n) is 10.5. The predicted octanol–water partition coefficient (Wildman–Crippen LogP) is 1.54. The summed E-state index contributed by atoms with van der Waals surface area (Å²) in [5.41, 5.74) is 0. The van der Waals surface area contributed by atoms with Crippen LogP contribution >= 0.6 is 0 Å². The lowest BCUT2D eigenvalue weighted by Crippen LogP contribution is -2.47. The van der Waals surface area contributed by atoms with Crippen LogP contribution in [0.3, 0.4) is 0 Å². The lowest BCUT2D eigenvalue weighted by Gasteiger charge is -2.24. The third kappa shape index (κ3) is 5.58. The monoisotopic (exact) mass is 230 g/mol. The van der Waals surface area contributed by atoms with E-state index in [1.165, 1.54) is 4.90 Å². The zero-order chi connectivity index (χ0) is 12.7. The number of carbonyl (C=O) groups is 2. The maximum absolute atomic E-state index is 11.7. The number of hydrogen-bond donors (Lipinski definition) is 2. The summed E-state index contributed by atoms with van der Waals surface area (Å²) in [6, 6.07) is -0.258. The molecule has 0 fully saturated rings. The highest BCUT2D eigenvalue weighted by molar-refractivity contribution is 5.80. The van der Waals surface area contributed by atoms with Gasteiger partial charge in [-0.3, -0.25) is 4.79 Å². The second kappa shape index (κ2) is 7.09. The highest BCUT2D eigenvalue weighted by Gasteiger charge is 2.18. The Labute approximate surface area is 96.8 Å². The van der Waals surface area contributed by atoms with Crippen molar-refractivity contribution in [3.05, 3.63) is 0 Å². The van der Waals surface area contributed by atoms with Gasteiger partial charge in [-0.05, 0) is 19.3 Å². The summed E-state index contributed by atoms with van der Waals surface area (Å²) in [7, 11) is 0. The summed E-state index contributed by atoms with van der Waals surface area (Å²) in [6.45, 7) is 8.05. The summed E-state index contributed by atoms with van der Waals surface area (Å²) in [5.74, 6) is -0.655. The van der Waals surface area contributed by atoms with Gasteiger partial charge in [0.25, 0.3) is 0 Å². The second-order valence-corrected chi connectivity index (χ2v) is 4.30. The number of nitrogens with zero attached hydrogens (tertiary/aromatic N) is 1. The van der Waals surface area contributed by atoms with E-state index in [9.17, 15) is 9.59 Å². The standard InChI is InChI=1S/C11H22N2O3/c1-5-6-13(7-10(14)15)11(16)12-9(4)8(2)3/h8-9H,5-7H2,1-4H3,(H,12,16)(H,14,15). The first-order valence-corrected chi connectivity index (χ1v) is 5.65. The Morgan fingerprint density at radius 1 is 1.31 bits per heavy atom. The second-order valence-electron chi connectivity index (χ2n) is 4.30. The molecule has 0 aliphatic rings. The zero-order valence-corrected chi connectivity index (χ0v) is 10.5. The van der Waals surface area contributed by atoms with Gasteiger partial charge in [0.1, 0.15) is 6.54 Å². The fourth-order valence-corrected chi connectivity index (χ4v) is 1.14. The van der Waals surface area contributed by atoms with Crippen molar-refractivity contribution in [1.29, 1.82) is 0 Å². The van der Waals surface area contributed by atoms with Gasteiger partial charge in [-0.25, -0.2) is 4.79 Å². The molecule has 0 saturated heterocycles. The SMILES string of the molecule is CCCN(CC(=O)O)C(=O)NC(C)C(C)C. The highest BCUT2D eigenvalue weighted by Crippen LogP contribution is 2.01. The van der Waals surface area contributed by atoms with Crippen molar-refractivity contribution in [3.63, 3.8) is 0 Å². The molecule has 0 radical (unpaired) electrons. The molecule has 0 rings (SSSR count). The van der Waals surface area contributed by atoms with Crippen molar-refractivity contribution in [2.45, 2.75) is 40.2 Å². The molecule has 5 nitrogen and oxygen atoms in total. The predicted molar refractivity (Wildman–Crippen MR) is 62.3 cm³/mol. The number of urea groups is 1. The van der Waals surface area contributed by atoms with Crippen molar-refractivity contribution in [2.24, 2.45) is 5.92 Å². The summed E-state index contributed by atoms with van der Waals surface area (Å²) in [5, 5.41) is 11.5. The fraction of sp³-hybridized carbons (Fsp3) is 0.818. The minimum Gasteiger partial charge on any atom is -0.480 e. The van der Waals surface area contributed by atoms with Gasteiger partial charge in [0, 0.05) is 12.6 Å². The first-order chi connectivity index (χ1) is 7.38. The number of aliphatic carboxylic acids is 1. The van der Waals surface area contributed by atoms with Crippen LogP contribution in [0.25, 0.3) is 0 Å². The fourth-order valence-electron chi connectivity index (χ4n) is 1.14. The quantitative estimate of drug-likeness (QED) is 0.727. The summed E-state index contributed by atoms with van der Waals surface area (Å²) in [4.78, 5) is 23.6. The molecule has 0 saturated carbocycles. The summed E-state index contributed by atoms with van der Waals surface area (Å²) < 4.78 is 0. The number of carbonyl (C=O) groups excluding carboxylic acids is 1. The van der Waals surface area contributed by atoms with Crippen LogP contribution in [-0.4, -0.2) is 41.1 Å². The average Bonchev–Trinajstić information content (AvgIpc) is 2.16. The molecule has 0 heterocycles. The van der Waals surface area contributed by atoms with Crippen LogP contribution in [0.5, 0.6) is 0 Å². The molecule has 16 heavy (non-hydrogen) atoms. The molecule has 94 valence electrons. The van der Waals surface area contributed by atoms with Crippen molar-refractivity contribution in [1.82, 2.24) is 10.2 Å². The number of carboxylic acids is 1. The molecule has 2 N–H and O–H groups in total. The molecule has 0 aromatic heterocycles. The topological polar surface area (TPSA) is 69.6 Å². The maximum Gasteiger partial charge on any atom is 0.323 e. The lowest BCUT2D eigenvalue weighted by molar-refractivity contribution is -0.137. The van der Waals surface area contributed by atoms with Gasteiger partial charge in [-0.15, -0.1) is 0 Å².